The zero-order valence-electron chi connectivity index (χ0n) is 18.7. The quantitative estimate of drug-likeness (QED) is 0.640. The number of hydrogen-bond donors (Lipinski definition) is 0. The lowest BCUT2D eigenvalue weighted by atomic mass is 9.95. The molecule has 3 heterocycles. The van der Waals surface area contributed by atoms with Crippen LogP contribution in [0.1, 0.15) is 61.4 Å². The molecule has 0 radical (unpaired) electrons. The number of piperidine rings is 1. The van der Waals surface area contributed by atoms with E-state index in [0.29, 0.717) is 31.3 Å². The largest absolute Gasteiger partial charge is 0.493 e. The molecule has 32 heavy (non-hydrogen) atoms. The minimum absolute atomic E-state index is 0.198. The first-order chi connectivity index (χ1) is 15.5. The van der Waals surface area contributed by atoms with Gasteiger partial charge in [-0.05, 0) is 87.0 Å². The summed E-state index contributed by atoms with van der Waals surface area (Å²) in [4.78, 5) is 26.0. The van der Waals surface area contributed by atoms with Crippen molar-refractivity contribution in [3.8, 4) is 5.75 Å². The van der Waals surface area contributed by atoms with Crippen molar-refractivity contribution >= 4 is 11.9 Å². The second-order valence-corrected chi connectivity index (χ2v) is 9.09. The Morgan fingerprint density at radius 3 is 2.22 bits per heavy atom. The number of nitrogens with zero attached hydrogens (tertiary/aromatic N) is 1. The van der Waals surface area contributed by atoms with Crippen LogP contribution in [0.4, 0.5) is 0 Å². The lowest BCUT2D eigenvalue weighted by molar-refractivity contribution is 0.0526. The Bertz CT molecular complexity index is 983. The Morgan fingerprint density at radius 1 is 0.906 bits per heavy atom. The SMILES string of the molecule is Cc1c(CCN2CCC(COc3ccc4c(c3C)COC4=O)CC2)ccc2c1COC2=O. The molecule has 0 unspecified atom stereocenters. The van der Waals surface area contributed by atoms with Gasteiger partial charge in [-0.3, -0.25) is 0 Å². The number of carbonyl (C=O) groups excluding carboxylic acids is 2. The highest BCUT2D eigenvalue weighted by Gasteiger charge is 2.26. The molecule has 1 fully saturated rings. The molecule has 0 spiro atoms. The number of rotatable bonds is 6. The fraction of sp³-hybridized carbons (Fsp3) is 0.462. The topological polar surface area (TPSA) is 65.1 Å². The van der Waals surface area contributed by atoms with Crippen LogP contribution in [-0.2, 0) is 29.1 Å². The highest BCUT2D eigenvalue weighted by molar-refractivity contribution is 5.94. The first-order valence-electron chi connectivity index (χ1n) is 11.4. The first kappa shape index (κ1) is 21.0. The van der Waals surface area contributed by atoms with Crippen molar-refractivity contribution in [3.63, 3.8) is 0 Å². The Morgan fingerprint density at radius 2 is 1.53 bits per heavy atom. The number of cyclic esters (lactones) is 2. The molecular formula is C26H29NO5. The van der Waals surface area contributed by atoms with E-state index in [9.17, 15) is 9.59 Å². The molecular weight excluding hydrogens is 406 g/mol. The van der Waals surface area contributed by atoms with Crippen LogP contribution >= 0.6 is 0 Å². The first-order valence-corrected chi connectivity index (χ1v) is 11.4. The van der Waals surface area contributed by atoms with Gasteiger partial charge >= 0.3 is 11.9 Å². The number of ether oxygens (including phenoxy) is 3. The van der Waals surface area contributed by atoms with Crippen LogP contribution in [0, 0.1) is 19.8 Å². The average molecular weight is 436 g/mol. The van der Waals surface area contributed by atoms with Gasteiger partial charge in [0.1, 0.15) is 19.0 Å². The molecule has 2 aromatic rings. The van der Waals surface area contributed by atoms with E-state index in [2.05, 4.69) is 17.9 Å². The fourth-order valence-corrected chi connectivity index (χ4v) is 5.02. The van der Waals surface area contributed by atoms with E-state index in [1.165, 1.54) is 11.1 Å². The highest BCUT2D eigenvalue weighted by atomic mass is 16.5. The standard InChI is InChI=1S/C26H29NO5/c1-16-19(3-4-20-22(16)14-31-25(20)28)9-12-27-10-7-18(8-11-27)13-30-24-6-5-21-23(17(24)2)15-32-26(21)29/h3-6,18H,7-15H2,1-2H3. The lowest BCUT2D eigenvalue weighted by Gasteiger charge is -2.32. The summed E-state index contributed by atoms with van der Waals surface area (Å²) in [7, 11) is 0. The summed E-state index contributed by atoms with van der Waals surface area (Å²) in [5, 5.41) is 0. The molecule has 168 valence electrons. The molecule has 0 bridgehead atoms. The van der Waals surface area contributed by atoms with E-state index in [4.69, 9.17) is 14.2 Å². The predicted octanol–water partition coefficient (Wildman–Crippen LogP) is 3.98. The van der Waals surface area contributed by atoms with E-state index < -0.39 is 0 Å². The van der Waals surface area contributed by atoms with Crippen molar-refractivity contribution in [3.05, 3.63) is 63.2 Å². The molecule has 0 aromatic heterocycles. The summed E-state index contributed by atoms with van der Waals surface area (Å²) in [6, 6.07) is 7.71. The third-order valence-electron chi connectivity index (χ3n) is 7.27. The van der Waals surface area contributed by atoms with Gasteiger partial charge in [0.15, 0.2) is 0 Å². The molecule has 0 atom stereocenters. The van der Waals surface area contributed by atoms with Gasteiger partial charge < -0.3 is 19.1 Å². The number of benzene rings is 2. The van der Waals surface area contributed by atoms with E-state index in [1.54, 1.807) is 0 Å². The molecule has 5 rings (SSSR count). The second kappa shape index (κ2) is 8.58. The van der Waals surface area contributed by atoms with Crippen molar-refractivity contribution in [1.82, 2.24) is 4.90 Å². The smallest absolute Gasteiger partial charge is 0.338 e. The van der Waals surface area contributed by atoms with Crippen molar-refractivity contribution < 1.29 is 23.8 Å². The zero-order valence-corrected chi connectivity index (χ0v) is 18.7. The molecule has 3 aliphatic rings. The molecule has 0 N–H and O–H groups in total. The fourth-order valence-electron chi connectivity index (χ4n) is 5.02. The summed E-state index contributed by atoms with van der Waals surface area (Å²) in [6.45, 7) is 8.75. The van der Waals surface area contributed by atoms with Crippen molar-refractivity contribution in [1.29, 1.82) is 0 Å². The molecule has 3 aliphatic heterocycles. The Hall–Kier alpha value is -2.86. The number of likely N-dealkylation sites (tertiary alicyclic amines) is 1. The number of fused-ring (bicyclic) bond motifs is 2. The summed E-state index contributed by atoms with van der Waals surface area (Å²) in [6.07, 6.45) is 3.23. The van der Waals surface area contributed by atoms with Gasteiger partial charge in [-0.1, -0.05) is 6.07 Å². The average Bonchev–Trinajstić information content (AvgIpc) is 3.37. The lowest BCUT2D eigenvalue weighted by Crippen LogP contribution is -2.36. The van der Waals surface area contributed by atoms with Crippen LogP contribution in [0.5, 0.6) is 5.75 Å². The maximum Gasteiger partial charge on any atom is 0.338 e. The van der Waals surface area contributed by atoms with Crippen molar-refractivity contribution in [2.24, 2.45) is 5.92 Å². The molecule has 0 saturated carbocycles. The van der Waals surface area contributed by atoms with E-state index in [1.807, 2.05) is 25.1 Å². The monoisotopic (exact) mass is 435 g/mol. The van der Waals surface area contributed by atoms with Gasteiger partial charge in [0.2, 0.25) is 0 Å². The Labute approximate surface area is 188 Å². The summed E-state index contributed by atoms with van der Waals surface area (Å²) >= 11 is 0. The number of hydrogen-bond acceptors (Lipinski definition) is 6. The summed E-state index contributed by atoms with van der Waals surface area (Å²) in [5.74, 6) is 0.968. The normalized spacial score (nSPS) is 18.3. The molecule has 6 nitrogen and oxygen atoms in total. The maximum atomic E-state index is 11.7. The molecule has 2 aromatic carbocycles. The second-order valence-electron chi connectivity index (χ2n) is 9.09. The van der Waals surface area contributed by atoms with Gasteiger partial charge in [0.05, 0.1) is 17.7 Å². The van der Waals surface area contributed by atoms with Crippen molar-refractivity contribution in [2.75, 3.05) is 26.2 Å². The van der Waals surface area contributed by atoms with Crippen molar-refractivity contribution in [2.45, 2.75) is 46.3 Å². The van der Waals surface area contributed by atoms with E-state index >= 15 is 0 Å². The Kier molecular flexibility index (Phi) is 5.64. The minimum atomic E-state index is -0.237. The van der Waals surface area contributed by atoms with Crippen LogP contribution in [0.15, 0.2) is 24.3 Å². The van der Waals surface area contributed by atoms with E-state index in [-0.39, 0.29) is 11.9 Å². The van der Waals surface area contributed by atoms with Gasteiger partial charge in [-0.2, -0.15) is 0 Å². The number of esters is 2. The molecule has 0 amide bonds. The summed E-state index contributed by atoms with van der Waals surface area (Å²) in [5.41, 5.74) is 6.94. The Balaban J connectivity index is 1.10. The predicted molar refractivity (Wildman–Crippen MR) is 119 cm³/mol. The third kappa shape index (κ3) is 3.88. The molecule has 6 heteroatoms. The maximum absolute atomic E-state index is 11.7. The zero-order chi connectivity index (χ0) is 22.2. The van der Waals surface area contributed by atoms with Gasteiger partial charge in [0.25, 0.3) is 0 Å². The van der Waals surface area contributed by atoms with Crippen LogP contribution < -0.4 is 4.74 Å². The number of carbonyl (C=O) groups is 2. The van der Waals surface area contributed by atoms with Crippen LogP contribution in [0.2, 0.25) is 0 Å². The van der Waals surface area contributed by atoms with Gasteiger partial charge in [-0.15, -0.1) is 0 Å². The van der Waals surface area contributed by atoms with E-state index in [0.717, 1.165) is 66.9 Å². The molecule has 1 saturated heterocycles. The molecule has 0 aliphatic carbocycles. The van der Waals surface area contributed by atoms with Crippen LogP contribution in [-0.4, -0.2) is 43.1 Å². The van der Waals surface area contributed by atoms with Crippen LogP contribution in [0.25, 0.3) is 0 Å². The summed E-state index contributed by atoms with van der Waals surface area (Å²) < 4.78 is 16.4. The van der Waals surface area contributed by atoms with Gasteiger partial charge in [-0.25, -0.2) is 9.59 Å². The highest BCUT2D eigenvalue weighted by Crippen LogP contribution is 2.31. The third-order valence-corrected chi connectivity index (χ3v) is 7.27. The minimum Gasteiger partial charge on any atom is -0.493 e. The van der Waals surface area contributed by atoms with Crippen LogP contribution in [0.3, 0.4) is 0 Å². The van der Waals surface area contributed by atoms with Gasteiger partial charge in [0, 0.05) is 17.7 Å².